The summed E-state index contributed by atoms with van der Waals surface area (Å²) in [5, 5.41) is 6.21. The molecule has 86 valence electrons. The van der Waals surface area contributed by atoms with E-state index in [1.165, 1.54) is 5.56 Å². The minimum absolute atomic E-state index is 0.0917. The van der Waals surface area contributed by atoms with Crippen LogP contribution in [0.3, 0.4) is 0 Å². The van der Waals surface area contributed by atoms with Crippen molar-refractivity contribution in [3.05, 3.63) is 35.4 Å². The van der Waals surface area contributed by atoms with E-state index in [0.717, 1.165) is 31.5 Å². The smallest absolute Gasteiger partial charge is 0.241 e. The highest BCUT2D eigenvalue weighted by Crippen LogP contribution is 2.22. The molecule has 0 aliphatic carbocycles. The Bertz CT molecular complexity index is 376. The summed E-state index contributed by atoms with van der Waals surface area (Å²) in [6, 6.07) is 8.00. The van der Waals surface area contributed by atoms with Crippen LogP contribution in [0, 0.1) is 0 Å². The van der Waals surface area contributed by atoms with E-state index < -0.39 is 0 Å². The Morgan fingerprint density at radius 1 is 1.50 bits per heavy atom. The third kappa shape index (κ3) is 2.25. The van der Waals surface area contributed by atoms with Crippen molar-refractivity contribution in [2.24, 2.45) is 0 Å². The van der Waals surface area contributed by atoms with Crippen molar-refractivity contribution in [3.63, 3.8) is 0 Å². The molecule has 0 bridgehead atoms. The number of amides is 1. The number of rotatable bonds is 3. The molecule has 1 amide bonds. The zero-order chi connectivity index (χ0) is 11.4. The van der Waals surface area contributed by atoms with Crippen LogP contribution in [-0.4, -0.2) is 19.0 Å². The van der Waals surface area contributed by atoms with Crippen LogP contribution in [-0.2, 0) is 11.2 Å². The summed E-state index contributed by atoms with van der Waals surface area (Å²) < 4.78 is 0. The van der Waals surface area contributed by atoms with Gasteiger partial charge in [0.15, 0.2) is 0 Å². The summed E-state index contributed by atoms with van der Waals surface area (Å²) in [5.74, 6) is 0.0917. The zero-order valence-corrected chi connectivity index (χ0v) is 9.62. The molecular weight excluding hydrogens is 200 g/mol. The Hall–Kier alpha value is -1.35. The van der Waals surface area contributed by atoms with Crippen LogP contribution in [0.1, 0.15) is 30.5 Å². The first-order chi connectivity index (χ1) is 7.83. The first-order valence-electron chi connectivity index (χ1n) is 5.92. The molecule has 0 fully saturated rings. The highest BCUT2D eigenvalue weighted by Gasteiger charge is 2.24. The molecule has 2 rings (SSSR count). The normalized spacial score (nSPS) is 18.9. The number of benzene rings is 1. The molecule has 1 aromatic rings. The molecule has 1 unspecified atom stereocenters. The van der Waals surface area contributed by atoms with E-state index in [1.54, 1.807) is 0 Å². The van der Waals surface area contributed by atoms with Crippen molar-refractivity contribution < 1.29 is 4.79 Å². The molecule has 1 atom stereocenters. The molecule has 0 spiro atoms. The first kappa shape index (κ1) is 11.1. The van der Waals surface area contributed by atoms with Crippen LogP contribution in [0.2, 0.25) is 0 Å². The van der Waals surface area contributed by atoms with Crippen molar-refractivity contribution in [1.82, 2.24) is 10.6 Å². The molecule has 1 aliphatic rings. The summed E-state index contributed by atoms with van der Waals surface area (Å²) in [6.07, 6.45) is 1.98. The fraction of sp³-hybridized carbons (Fsp3) is 0.462. The number of carbonyl (C=O) groups excluding carboxylic acids is 1. The van der Waals surface area contributed by atoms with Gasteiger partial charge in [-0.3, -0.25) is 4.79 Å². The standard InChI is InChI=1S/C13H18N2O/c1-2-8-15-13(16)12-11-6-4-3-5-10(11)7-9-14-12/h3-6,12,14H,2,7-9H2,1H3,(H,15,16). The molecule has 0 radical (unpaired) electrons. The zero-order valence-electron chi connectivity index (χ0n) is 9.62. The van der Waals surface area contributed by atoms with Gasteiger partial charge in [-0.1, -0.05) is 31.2 Å². The second kappa shape index (κ2) is 5.12. The average molecular weight is 218 g/mol. The van der Waals surface area contributed by atoms with Crippen LogP contribution in [0.5, 0.6) is 0 Å². The predicted molar refractivity (Wildman–Crippen MR) is 64.2 cm³/mol. The summed E-state index contributed by atoms with van der Waals surface area (Å²) >= 11 is 0. The van der Waals surface area contributed by atoms with E-state index in [9.17, 15) is 4.79 Å². The third-order valence-electron chi connectivity index (χ3n) is 2.92. The number of carbonyl (C=O) groups is 1. The van der Waals surface area contributed by atoms with E-state index in [1.807, 2.05) is 18.2 Å². The second-order valence-electron chi connectivity index (χ2n) is 4.13. The maximum Gasteiger partial charge on any atom is 0.241 e. The largest absolute Gasteiger partial charge is 0.354 e. The first-order valence-corrected chi connectivity index (χ1v) is 5.92. The van der Waals surface area contributed by atoms with Gasteiger partial charge in [-0.2, -0.15) is 0 Å². The molecule has 1 aromatic carbocycles. The van der Waals surface area contributed by atoms with Crippen LogP contribution in [0.4, 0.5) is 0 Å². The lowest BCUT2D eigenvalue weighted by molar-refractivity contribution is -0.123. The quantitative estimate of drug-likeness (QED) is 0.805. The van der Waals surface area contributed by atoms with E-state index in [-0.39, 0.29) is 11.9 Å². The van der Waals surface area contributed by atoms with Gasteiger partial charge in [-0.25, -0.2) is 0 Å². The summed E-state index contributed by atoms with van der Waals surface area (Å²) in [5.41, 5.74) is 2.42. The number of nitrogens with one attached hydrogen (secondary N) is 2. The molecule has 1 heterocycles. The predicted octanol–water partition coefficient (Wildman–Crippen LogP) is 1.40. The molecule has 16 heavy (non-hydrogen) atoms. The molecular formula is C13H18N2O. The van der Waals surface area contributed by atoms with Crippen LogP contribution < -0.4 is 10.6 Å². The van der Waals surface area contributed by atoms with Gasteiger partial charge in [-0.15, -0.1) is 0 Å². The number of fused-ring (bicyclic) bond motifs is 1. The third-order valence-corrected chi connectivity index (χ3v) is 2.92. The van der Waals surface area contributed by atoms with Gasteiger partial charge in [0.2, 0.25) is 5.91 Å². The molecule has 0 aromatic heterocycles. The van der Waals surface area contributed by atoms with E-state index >= 15 is 0 Å². The van der Waals surface area contributed by atoms with Gasteiger partial charge in [0.05, 0.1) is 0 Å². The van der Waals surface area contributed by atoms with Gasteiger partial charge < -0.3 is 10.6 Å². The monoisotopic (exact) mass is 218 g/mol. The second-order valence-corrected chi connectivity index (χ2v) is 4.13. The van der Waals surface area contributed by atoms with E-state index in [2.05, 4.69) is 23.6 Å². The molecule has 0 saturated carbocycles. The van der Waals surface area contributed by atoms with E-state index in [0.29, 0.717) is 0 Å². The molecule has 3 nitrogen and oxygen atoms in total. The fourth-order valence-corrected chi connectivity index (χ4v) is 2.09. The van der Waals surface area contributed by atoms with Gasteiger partial charge in [-0.05, 0) is 24.0 Å². The number of hydrogen-bond donors (Lipinski definition) is 2. The highest BCUT2D eigenvalue weighted by molar-refractivity contribution is 5.83. The summed E-state index contributed by atoms with van der Waals surface area (Å²) in [6.45, 7) is 3.68. The highest BCUT2D eigenvalue weighted by atomic mass is 16.2. The van der Waals surface area contributed by atoms with Gasteiger partial charge in [0.25, 0.3) is 0 Å². The lowest BCUT2D eigenvalue weighted by Crippen LogP contribution is -2.41. The van der Waals surface area contributed by atoms with Crippen LogP contribution in [0.15, 0.2) is 24.3 Å². The SMILES string of the molecule is CCCNC(=O)C1NCCc2ccccc21. The minimum atomic E-state index is -0.170. The van der Waals surface area contributed by atoms with Gasteiger partial charge >= 0.3 is 0 Å². The Labute approximate surface area is 96.2 Å². The Kier molecular flexibility index (Phi) is 3.57. The van der Waals surface area contributed by atoms with Crippen molar-refractivity contribution in [2.75, 3.05) is 13.1 Å². The lowest BCUT2D eigenvalue weighted by atomic mass is 9.94. The number of hydrogen-bond acceptors (Lipinski definition) is 2. The molecule has 2 N–H and O–H groups in total. The maximum absolute atomic E-state index is 11.9. The van der Waals surface area contributed by atoms with Crippen molar-refractivity contribution in [3.8, 4) is 0 Å². The van der Waals surface area contributed by atoms with Crippen LogP contribution in [0.25, 0.3) is 0 Å². The molecule has 3 heteroatoms. The minimum Gasteiger partial charge on any atom is -0.354 e. The summed E-state index contributed by atoms with van der Waals surface area (Å²) in [4.78, 5) is 11.9. The average Bonchev–Trinajstić information content (AvgIpc) is 2.35. The van der Waals surface area contributed by atoms with Crippen molar-refractivity contribution in [1.29, 1.82) is 0 Å². The van der Waals surface area contributed by atoms with Crippen molar-refractivity contribution in [2.45, 2.75) is 25.8 Å². The molecule has 1 aliphatic heterocycles. The van der Waals surface area contributed by atoms with E-state index in [4.69, 9.17) is 0 Å². The van der Waals surface area contributed by atoms with Gasteiger partial charge in [0, 0.05) is 13.1 Å². The van der Waals surface area contributed by atoms with Crippen molar-refractivity contribution >= 4 is 5.91 Å². The Morgan fingerprint density at radius 2 is 2.31 bits per heavy atom. The Balaban J connectivity index is 2.15. The Morgan fingerprint density at radius 3 is 3.12 bits per heavy atom. The lowest BCUT2D eigenvalue weighted by Gasteiger charge is -2.25. The maximum atomic E-state index is 11.9. The van der Waals surface area contributed by atoms with Crippen LogP contribution >= 0.6 is 0 Å². The fourth-order valence-electron chi connectivity index (χ4n) is 2.09. The summed E-state index contributed by atoms with van der Waals surface area (Å²) in [7, 11) is 0. The van der Waals surface area contributed by atoms with Gasteiger partial charge in [0.1, 0.15) is 6.04 Å². The topological polar surface area (TPSA) is 41.1 Å². The molecule has 0 saturated heterocycles.